The maximum Gasteiger partial charge on any atom is 0.200 e. The van der Waals surface area contributed by atoms with Crippen molar-refractivity contribution in [3.05, 3.63) is 58.5 Å². The highest BCUT2D eigenvalue weighted by atomic mass is 16.5. The Kier molecular flexibility index (Phi) is 5.72. The summed E-state index contributed by atoms with van der Waals surface area (Å²) in [4.78, 5) is 13.3. The Morgan fingerprint density at radius 2 is 1.91 bits per heavy atom. The average molecular weight is 453 g/mol. The molecule has 7 heteroatoms. The van der Waals surface area contributed by atoms with Gasteiger partial charge in [0.05, 0.1) is 23.7 Å². The molecule has 0 fully saturated rings. The van der Waals surface area contributed by atoms with Gasteiger partial charge in [-0.3, -0.25) is 4.79 Å². The molecule has 1 atom stereocenters. The van der Waals surface area contributed by atoms with Crippen molar-refractivity contribution in [2.75, 3.05) is 13.7 Å². The number of fused-ring (bicyclic) bond motifs is 2. The minimum atomic E-state index is -1.30. The van der Waals surface area contributed by atoms with Crippen LogP contribution in [-0.2, 0) is 0 Å². The standard InChI is InChI=1S/C26H28O7/c1-25(2)9-8-16-10-17-21(12-20(16)33-25)31-13-18(24(17)28)15-6-7-19(22(11-15)30-5)32-14-23(27)26(3,4)29/h6-13,23,27,29H,14H2,1-5H3/t23-/m1/s1. The first kappa shape index (κ1) is 22.9. The van der Waals surface area contributed by atoms with Crippen LogP contribution < -0.4 is 19.6 Å². The van der Waals surface area contributed by atoms with Crippen LogP contribution in [0.5, 0.6) is 17.2 Å². The average Bonchev–Trinajstić information content (AvgIpc) is 2.75. The Labute approximate surface area is 191 Å². The molecular formula is C26H28O7. The Balaban J connectivity index is 1.69. The van der Waals surface area contributed by atoms with Gasteiger partial charge in [-0.1, -0.05) is 12.1 Å². The van der Waals surface area contributed by atoms with Crippen LogP contribution in [0.3, 0.4) is 0 Å². The van der Waals surface area contributed by atoms with Gasteiger partial charge in [0.2, 0.25) is 5.43 Å². The van der Waals surface area contributed by atoms with E-state index in [-0.39, 0.29) is 12.0 Å². The summed E-state index contributed by atoms with van der Waals surface area (Å²) in [6, 6.07) is 8.57. The van der Waals surface area contributed by atoms with Crippen LogP contribution in [-0.4, -0.2) is 41.2 Å². The van der Waals surface area contributed by atoms with Crippen molar-refractivity contribution in [1.82, 2.24) is 0 Å². The number of rotatable bonds is 6. The Morgan fingerprint density at radius 3 is 2.61 bits per heavy atom. The molecule has 0 bridgehead atoms. The number of hydrogen-bond donors (Lipinski definition) is 2. The van der Waals surface area contributed by atoms with Crippen molar-refractivity contribution < 1.29 is 28.8 Å². The molecule has 174 valence electrons. The molecule has 0 aliphatic carbocycles. The molecule has 3 aromatic rings. The van der Waals surface area contributed by atoms with Gasteiger partial charge < -0.3 is 28.8 Å². The molecule has 2 heterocycles. The first-order chi connectivity index (χ1) is 15.5. The highest BCUT2D eigenvalue weighted by Crippen LogP contribution is 2.36. The van der Waals surface area contributed by atoms with Gasteiger partial charge in [0.15, 0.2) is 11.5 Å². The van der Waals surface area contributed by atoms with Crippen LogP contribution in [0.1, 0.15) is 33.3 Å². The van der Waals surface area contributed by atoms with Gasteiger partial charge in [-0.2, -0.15) is 0 Å². The number of hydrogen-bond acceptors (Lipinski definition) is 7. The Hall–Kier alpha value is -3.29. The van der Waals surface area contributed by atoms with Crippen molar-refractivity contribution >= 4 is 17.0 Å². The summed E-state index contributed by atoms with van der Waals surface area (Å²) in [7, 11) is 1.49. The summed E-state index contributed by atoms with van der Waals surface area (Å²) < 4.78 is 22.8. The monoisotopic (exact) mass is 452 g/mol. The maximum absolute atomic E-state index is 13.3. The lowest BCUT2D eigenvalue weighted by molar-refractivity contribution is -0.0663. The third-order valence-corrected chi connectivity index (χ3v) is 5.63. The van der Waals surface area contributed by atoms with E-state index in [0.717, 1.165) is 5.56 Å². The van der Waals surface area contributed by atoms with Crippen molar-refractivity contribution in [3.63, 3.8) is 0 Å². The number of methoxy groups -OCH3 is 1. The van der Waals surface area contributed by atoms with E-state index in [0.29, 0.717) is 39.3 Å². The van der Waals surface area contributed by atoms with Gasteiger partial charge in [0.25, 0.3) is 0 Å². The van der Waals surface area contributed by atoms with Crippen LogP contribution in [0.25, 0.3) is 28.2 Å². The lowest BCUT2D eigenvalue weighted by Crippen LogP contribution is -2.40. The van der Waals surface area contributed by atoms with Crippen molar-refractivity contribution in [3.8, 4) is 28.4 Å². The molecule has 1 aliphatic heterocycles. The quantitative estimate of drug-likeness (QED) is 0.579. The van der Waals surface area contributed by atoms with E-state index in [1.807, 2.05) is 26.0 Å². The lowest BCUT2D eigenvalue weighted by atomic mass is 9.99. The first-order valence-electron chi connectivity index (χ1n) is 10.7. The minimum Gasteiger partial charge on any atom is -0.493 e. The molecule has 7 nitrogen and oxygen atoms in total. The summed E-state index contributed by atoms with van der Waals surface area (Å²) in [5, 5.41) is 20.3. The van der Waals surface area contributed by atoms with Gasteiger partial charge in [0.1, 0.15) is 35.9 Å². The summed E-state index contributed by atoms with van der Waals surface area (Å²) in [5.41, 5.74) is 0.342. The molecule has 0 saturated heterocycles. The van der Waals surface area contributed by atoms with Gasteiger partial charge in [-0.05, 0) is 57.5 Å². The normalized spacial score (nSPS) is 15.6. The molecule has 4 rings (SSSR count). The number of aliphatic hydroxyl groups is 2. The van der Waals surface area contributed by atoms with E-state index < -0.39 is 17.3 Å². The maximum atomic E-state index is 13.3. The molecule has 1 aromatic heterocycles. The molecule has 1 aliphatic rings. The highest BCUT2D eigenvalue weighted by Gasteiger charge is 2.26. The highest BCUT2D eigenvalue weighted by molar-refractivity contribution is 5.86. The van der Waals surface area contributed by atoms with E-state index >= 15 is 0 Å². The SMILES string of the molecule is COc1cc(-c2coc3cc4c(cc3c2=O)C=CC(C)(C)O4)ccc1OC[C@@H](O)C(C)(C)O. The fraction of sp³-hybridized carbons (Fsp3) is 0.346. The van der Waals surface area contributed by atoms with Crippen LogP contribution in [0.15, 0.2) is 51.9 Å². The topological polar surface area (TPSA) is 98.4 Å². The number of aliphatic hydroxyl groups excluding tert-OH is 1. The lowest BCUT2D eigenvalue weighted by Gasteiger charge is -2.27. The Morgan fingerprint density at radius 1 is 1.15 bits per heavy atom. The van der Waals surface area contributed by atoms with Crippen LogP contribution >= 0.6 is 0 Å². The van der Waals surface area contributed by atoms with E-state index in [1.54, 1.807) is 30.3 Å². The van der Waals surface area contributed by atoms with Crippen molar-refractivity contribution in [1.29, 1.82) is 0 Å². The van der Waals surface area contributed by atoms with Gasteiger partial charge in [0, 0.05) is 11.6 Å². The minimum absolute atomic E-state index is 0.116. The van der Waals surface area contributed by atoms with Gasteiger partial charge in [-0.25, -0.2) is 0 Å². The first-order valence-corrected chi connectivity index (χ1v) is 10.7. The predicted molar refractivity (Wildman–Crippen MR) is 126 cm³/mol. The molecule has 2 N–H and O–H groups in total. The molecule has 33 heavy (non-hydrogen) atoms. The number of ether oxygens (including phenoxy) is 3. The molecule has 2 aromatic carbocycles. The second-order valence-corrected chi connectivity index (χ2v) is 9.25. The van der Waals surface area contributed by atoms with Crippen molar-refractivity contribution in [2.45, 2.75) is 45.0 Å². The smallest absolute Gasteiger partial charge is 0.200 e. The van der Waals surface area contributed by atoms with Crippen molar-refractivity contribution in [2.24, 2.45) is 0 Å². The van der Waals surface area contributed by atoms with Crippen LogP contribution in [0.4, 0.5) is 0 Å². The van der Waals surface area contributed by atoms with E-state index in [4.69, 9.17) is 18.6 Å². The molecule has 0 spiro atoms. The predicted octanol–water partition coefficient (Wildman–Crippen LogP) is 4.16. The van der Waals surface area contributed by atoms with Gasteiger partial charge >= 0.3 is 0 Å². The fourth-order valence-electron chi connectivity index (χ4n) is 3.53. The summed E-state index contributed by atoms with van der Waals surface area (Å²) in [6.07, 6.45) is 4.24. The van der Waals surface area contributed by atoms with E-state index in [2.05, 4.69) is 0 Å². The summed E-state index contributed by atoms with van der Waals surface area (Å²) in [5.74, 6) is 1.44. The zero-order valence-electron chi connectivity index (χ0n) is 19.3. The van der Waals surface area contributed by atoms with E-state index in [1.165, 1.54) is 27.2 Å². The summed E-state index contributed by atoms with van der Waals surface area (Å²) in [6.45, 7) is 6.81. The zero-order chi connectivity index (χ0) is 24.0. The van der Waals surface area contributed by atoms with Crippen LogP contribution in [0.2, 0.25) is 0 Å². The Bertz CT molecular complexity index is 1280. The third kappa shape index (κ3) is 4.60. The molecule has 0 unspecified atom stereocenters. The number of benzene rings is 2. The largest absolute Gasteiger partial charge is 0.493 e. The second-order valence-electron chi connectivity index (χ2n) is 9.25. The van der Waals surface area contributed by atoms with Gasteiger partial charge in [-0.15, -0.1) is 0 Å². The fourth-order valence-corrected chi connectivity index (χ4v) is 3.53. The van der Waals surface area contributed by atoms with Crippen LogP contribution in [0, 0.1) is 0 Å². The molecule has 0 amide bonds. The zero-order valence-corrected chi connectivity index (χ0v) is 19.3. The third-order valence-electron chi connectivity index (χ3n) is 5.63. The van der Waals surface area contributed by atoms with E-state index in [9.17, 15) is 15.0 Å². The molecule has 0 saturated carbocycles. The molecular weight excluding hydrogens is 424 g/mol. The molecule has 0 radical (unpaired) electrons. The summed E-state index contributed by atoms with van der Waals surface area (Å²) >= 11 is 0. The second kappa shape index (κ2) is 8.24.